The van der Waals surface area contributed by atoms with Gasteiger partial charge in [-0.3, -0.25) is 4.99 Å². The molecule has 0 atom stereocenters. The fourth-order valence-electron chi connectivity index (χ4n) is 2.46. The van der Waals surface area contributed by atoms with Gasteiger partial charge in [-0.1, -0.05) is 17.7 Å². The van der Waals surface area contributed by atoms with Crippen molar-refractivity contribution in [2.75, 3.05) is 0 Å². The summed E-state index contributed by atoms with van der Waals surface area (Å²) >= 11 is 6.17. The summed E-state index contributed by atoms with van der Waals surface area (Å²) in [7, 11) is 0. The van der Waals surface area contributed by atoms with Crippen LogP contribution in [-0.4, -0.2) is 27.3 Å². The molecule has 1 N–H and O–H groups in total. The second-order valence-corrected chi connectivity index (χ2v) is 6.47. The summed E-state index contributed by atoms with van der Waals surface area (Å²) in [5, 5.41) is 9.42. The Kier molecular flexibility index (Phi) is 5.65. The van der Waals surface area contributed by atoms with Crippen molar-refractivity contribution in [3.05, 3.63) is 76.1 Å². The number of halogens is 4. The van der Waals surface area contributed by atoms with Crippen LogP contribution in [0.2, 0.25) is 5.02 Å². The van der Waals surface area contributed by atoms with Crippen molar-refractivity contribution in [3.63, 3.8) is 0 Å². The zero-order chi connectivity index (χ0) is 21.2. The van der Waals surface area contributed by atoms with Gasteiger partial charge in [0, 0.05) is 28.6 Å². The van der Waals surface area contributed by atoms with E-state index in [4.69, 9.17) is 16.7 Å². The Morgan fingerprint density at radius 3 is 2.62 bits per heavy atom. The van der Waals surface area contributed by atoms with E-state index >= 15 is 0 Å². The van der Waals surface area contributed by atoms with E-state index < -0.39 is 17.8 Å². The van der Waals surface area contributed by atoms with Gasteiger partial charge in [0.15, 0.2) is 5.82 Å². The molecule has 0 unspecified atom stereocenters. The summed E-state index contributed by atoms with van der Waals surface area (Å²) in [4.78, 5) is 22.9. The molecule has 0 spiro atoms. The van der Waals surface area contributed by atoms with Gasteiger partial charge in [0.1, 0.15) is 5.69 Å². The third-order valence-corrected chi connectivity index (χ3v) is 4.34. The predicted molar refractivity (Wildman–Crippen MR) is 103 cm³/mol. The average molecular weight is 420 g/mol. The largest absolute Gasteiger partial charge is 0.478 e. The van der Waals surface area contributed by atoms with Crippen molar-refractivity contribution in [1.82, 2.24) is 9.97 Å². The number of alkyl halides is 3. The lowest BCUT2D eigenvalue weighted by molar-refractivity contribution is -0.141. The normalized spacial score (nSPS) is 11.8. The molecular formula is C20H13ClF3N3O2. The summed E-state index contributed by atoms with van der Waals surface area (Å²) < 4.78 is 38.7. The van der Waals surface area contributed by atoms with E-state index in [9.17, 15) is 18.0 Å². The molecular weight excluding hydrogens is 407 g/mol. The molecule has 1 aromatic heterocycles. The van der Waals surface area contributed by atoms with Gasteiger partial charge in [0.25, 0.3) is 0 Å². The molecule has 9 heteroatoms. The minimum absolute atomic E-state index is 0.0833. The number of aliphatic imine (C=N–C) groups is 1. The molecule has 148 valence electrons. The molecule has 0 fully saturated rings. The maximum atomic E-state index is 12.9. The van der Waals surface area contributed by atoms with Gasteiger partial charge < -0.3 is 5.11 Å². The van der Waals surface area contributed by atoms with E-state index in [2.05, 4.69) is 15.0 Å². The molecule has 0 aliphatic carbocycles. The highest BCUT2D eigenvalue weighted by Gasteiger charge is 2.32. The first kappa shape index (κ1) is 20.5. The van der Waals surface area contributed by atoms with Crippen LogP contribution in [-0.2, 0) is 6.18 Å². The van der Waals surface area contributed by atoms with Gasteiger partial charge in [-0.15, -0.1) is 0 Å². The van der Waals surface area contributed by atoms with Crippen LogP contribution < -0.4 is 0 Å². The smallest absolute Gasteiger partial charge is 0.433 e. The third kappa shape index (κ3) is 4.78. The maximum absolute atomic E-state index is 12.9. The number of aromatic carboxylic acids is 1. The molecule has 1 heterocycles. The molecule has 0 radical (unpaired) electrons. The number of nitrogens with zero attached hydrogens (tertiary/aromatic N) is 3. The molecule has 0 aliphatic heterocycles. The van der Waals surface area contributed by atoms with E-state index in [0.29, 0.717) is 21.8 Å². The van der Waals surface area contributed by atoms with Crippen molar-refractivity contribution >= 4 is 29.5 Å². The Morgan fingerprint density at radius 1 is 1.17 bits per heavy atom. The van der Waals surface area contributed by atoms with Crippen LogP contribution in [0, 0.1) is 6.92 Å². The lowest BCUT2D eigenvalue weighted by Crippen LogP contribution is -2.09. The van der Waals surface area contributed by atoms with Gasteiger partial charge in [0.2, 0.25) is 0 Å². The minimum atomic E-state index is -4.58. The second kappa shape index (κ2) is 8.00. The van der Waals surface area contributed by atoms with Crippen molar-refractivity contribution in [2.45, 2.75) is 13.1 Å². The molecule has 3 aromatic rings. The summed E-state index contributed by atoms with van der Waals surface area (Å²) in [6, 6.07) is 9.83. The first-order chi connectivity index (χ1) is 13.6. The number of carboxylic acids is 1. The highest BCUT2D eigenvalue weighted by molar-refractivity contribution is 6.33. The van der Waals surface area contributed by atoms with E-state index in [1.807, 2.05) is 0 Å². The Morgan fingerprint density at radius 2 is 1.93 bits per heavy atom. The molecule has 29 heavy (non-hydrogen) atoms. The Labute approximate surface area is 168 Å². The van der Waals surface area contributed by atoms with Crippen molar-refractivity contribution in [3.8, 4) is 11.4 Å². The molecule has 2 aromatic carbocycles. The van der Waals surface area contributed by atoms with Gasteiger partial charge in [-0.2, -0.15) is 13.2 Å². The number of carbonyl (C=O) groups is 1. The Bertz CT molecular complexity index is 1110. The van der Waals surface area contributed by atoms with Gasteiger partial charge in [0.05, 0.1) is 11.3 Å². The van der Waals surface area contributed by atoms with E-state index in [-0.39, 0.29) is 11.4 Å². The molecule has 3 rings (SSSR count). The van der Waals surface area contributed by atoms with Crippen LogP contribution in [0.1, 0.15) is 27.2 Å². The van der Waals surface area contributed by atoms with Crippen LogP contribution in [0.3, 0.4) is 0 Å². The molecule has 5 nitrogen and oxygen atoms in total. The number of carboxylic acid groups (broad SMARTS) is 1. The third-order valence-electron chi connectivity index (χ3n) is 4.00. The van der Waals surface area contributed by atoms with Crippen molar-refractivity contribution in [1.29, 1.82) is 0 Å². The minimum Gasteiger partial charge on any atom is -0.478 e. The number of hydrogen-bond acceptors (Lipinski definition) is 4. The number of hydrogen-bond donors (Lipinski definition) is 1. The zero-order valence-electron chi connectivity index (χ0n) is 14.9. The van der Waals surface area contributed by atoms with Crippen LogP contribution in [0.25, 0.3) is 11.4 Å². The number of aromatic nitrogens is 2. The van der Waals surface area contributed by atoms with Crippen LogP contribution in [0.15, 0.2) is 53.7 Å². The van der Waals surface area contributed by atoms with Gasteiger partial charge in [-0.25, -0.2) is 14.8 Å². The average Bonchev–Trinajstić information content (AvgIpc) is 2.67. The van der Waals surface area contributed by atoms with Crippen molar-refractivity contribution in [2.24, 2.45) is 4.99 Å². The molecule has 0 amide bonds. The van der Waals surface area contributed by atoms with Crippen LogP contribution in [0.5, 0.6) is 0 Å². The van der Waals surface area contributed by atoms with E-state index in [1.165, 1.54) is 36.5 Å². The highest BCUT2D eigenvalue weighted by Crippen LogP contribution is 2.29. The maximum Gasteiger partial charge on any atom is 0.433 e. The predicted octanol–water partition coefficient (Wildman–Crippen LogP) is 5.57. The molecule has 0 bridgehead atoms. The SMILES string of the molecule is Cc1ccc(C(=O)O)cc1N=Cc1cc(-c2nccc(C(F)(F)F)n2)ccc1Cl. The fraction of sp³-hybridized carbons (Fsp3) is 0.100. The fourth-order valence-corrected chi connectivity index (χ4v) is 2.62. The molecule has 0 saturated carbocycles. The lowest BCUT2D eigenvalue weighted by Gasteiger charge is -2.08. The lowest BCUT2D eigenvalue weighted by atomic mass is 10.1. The summed E-state index contributed by atoms with van der Waals surface area (Å²) in [5.74, 6) is -1.18. The number of rotatable bonds is 4. The van der Waals surface area contributed by atoms with E-state index in [1.54, 1.807) is 13.0 Å². The Hall–Kier alpha value is -3.26. The quantitative estimate of drug-likeness (QED) is 0.561. The van der Waals surface area contributed by atoms with E-state index in [0.717, 1.165) is 17.8 Å². The van der Waals surface area contributed by atoms with Crippen LogP contribution in [0.4, 0.5) is 18.9 Å². The molecule has 0 aliphatic rings. The van der Waals surface area contributed by atoms with Gasteiger partial charge in [-0.05, 0) is 48.9 Å². The number of benzene rings is 2. The van der Waals surface area contributed by atoms with Crippen LogP contribution >= 0.6 is 11.6 Å². The Balaban J connectivity index is 1.98. The topological polar surface area (TPSA) is 75.4 Å². The first-order valence-electron chi connectivity index (χ1n) is 8.23. The summed E-state index contributed by atoms with van der Waals surface area (Å²) in [6.07, 6.45) is -2.14. The highest BCUT2D eigenvalue weighted by atomic mass is 35.5. The zero-order valence-corrected chi connectivity index (χ0v) is 15.7. The summed E-state index contributed by atoms with van der Waals surface area (Å²) in [6.45, 7) is 1.77. The summed E-state index contributed by atoms with van der Waals surface area (Å²) in [5.41, 5.74) is 0.971. The first-order valence-corrected chi connectivity index (χ1v) is 8.61. The molecule has 0 saturated heterocycles. The van der Waals surface area contributed by atoms with Crippen molar-refractivity contribution < 1.29 is 23.1 Å². The number of aryl methyl sites for hydroxylation is 1. The monoisotopic (exact) mass is 419 g/mol. The standard InChI is InChI=1S/C20H13ClF3N3O2/c1-11-2-3-13(19(28)29)9-16(11)26-10-14-8-12(4-5-15(14)21)18-25-7-6-17(27-18)20(22,23)24/h2-10H,1H3,(H,28,29). The van der Waals surface area contributed by atoms with Gasteiger partial charge >= 0.3 is 12.1 Å². The second-order valence-electron chi connectivity index (χ2n) is 6.06.